The minimum absolute atomic E-state index is 0.0109. The maximum atomic E-state index is 14.3. The molecule has 7 heteroatoms. The molecule has 2 heterocycles. The predicted molar refractivity (Wildman–Crippen MR) is 106 cm³/mol. The number of rotatable bonds is 4. The second kappa shape index (κ2) is 8.05. The maximum Gasteiger partial charge on any atom is 0.256 e. The minimum Gasteiger partial charge on any atom is -0.508 e. The lowest BCUT2D eigenvalue weighted by molar-refractivity contribution is 0.0854. The number of aromatic hydroxyl groups is 1. The molecule has 0 bridgehead atoms. The van der Waals surface area contributed by atoms with E-state index in [0.29, 0.717) is 24.1 Å². The van der Waals surface area contributed by atoms with Crippen LogP contribution < -0.4 is 10.9 Å². The van der Waals surface area contributed by atoms with E-state index in [0.717, 1.165) is 18.4 Å². The van der Waals surface area contributed by atoms with Gasteiger partial charge in [-0.25, -0.2) is 9.38 Å². The number of fused-ring (bicyclic) bond motifs is 1. The van der Waals surface area contributed by atoms with E-state index in [1.807, 2.05) is 0 Å². The Morgan fingerprint density at radius 3 is 2.90 bits per heavy atom. The van der Waals surface area contributed by atoms with Crippen LogP contribution >= 0.6 is 0 Å². The van der Waals surface area contributed by atoms with Gasteiger partial charge in [0, 0.05) is 24.6 Å². The molecule has 0 unspecified atom stereocenters. The van der Waals surface area contributed by atoms with Gasteiger partial charge in [0.15, 0.2) is 0 Å². The number of nitrogens with zero attached hydrogens (tertiary/aromatic N) is 1. The van der Waals surface area contributed by atoms with Crippen molar-refractivity contribution < 1.29 is 23.4 Å². The molecule has 2 aromatic carbocycles. The van der Waals surface area contributed by atoms with Crippen LogP contribution in [0.15, 0.2) is 51.9 Å². The van der Waals surface area contributed by atoms with Gasteiger partial charge in [-0.15, -0.1) is 0 Å². The Morgan fingerprint density at radius 1 is 1.28 bits per heavy atom. The highest BCUT2D eigenvalue weighted by molar-refractivity contribution is 5.96. The number of hydrogen-bond donors (Lipinski definition) is 2. The highest BCUT2D eigenvalue weighted by Gasteiger charge is 2.19. The molecule has 1 atom stereocenters. The Bertz CT molecular complexity index is 1130. The van der Waals surface area contributed by atoms with Crippen molar-refractivity contribution in [2.75, 3.05) is 13.2 Å². The lowest BCUT2D eigenvalue weighted by Gasteiger charge is -2.11. The summed E-state index contributed by atoms with van der Waals surface area (Å²) >= 11 is 0. The molecule has 0 aliphatic carbocycles. The number of phenolic OH excluding ortho intramolecular Hbond substituents is 1. The maximum absolute atomic E-state index is 14.3. The Morgan fingerprint density at radius 2 is 2.14 bits per heavy atom. The number of aryl methyl sites for hydroxylation is 1. The zero-order valence-corrected chi connectivity index (χ0v) is 15.9. The predicted octanol–water partition coefficient (Wildman–Crippen LogP) is 3.73. The third-order valence-corrected chi connectivity index (χ3v) is 4.82. The molecule has 3 aromatic rings. The Labute approximate surface area is 166 Å². The highest BCUT2D eigenvalue weighted by Crippen LogP contribution is 2.21. The van der Waals surface area contributed by atoms with Crippen molar-refractivity contribution in [2.24, 2.45) is 4.99 Å². The molecule has 1 aromatic heterocycles. The van der Waals surface area contributed by atoms with Crippen LogP contribution in [0.2, 0.25) is 0 Å². The Kier molecular flexibility index (Phi) is 5.31. The van der Waals surface area contributed by atoms with Crippen molar-refractivity contribution in [3.63, 3.8) is 0 Å². The van der Waals surface area contributed by atoms with Gasteiger partial charge in [0.25, 0.3) is 5.91 Å². The minimum atomic E-state index is -0.512. The van der Waals surface area contributed by atoms with Crippen molar-refractivity contribution in [2.45, 2.75) is 25.9 Å². The van der Waals surface area contributed by atoms with E-state index in [1.165, 1.54) is 24.3 Å². The zero-order chi connectivity index (χ0) is 20.4. The number of phenols is 1. The third-order valence-electron chi connectivity index (χ3n) is 4.82. The number of nitrogens with one attached hydrogen (secondary N) is 1. The fourth-order valence-electron chi connectivity index (χ4n) is 3.27. The molecule has 4 rings (SSSR count). The number of benzene rings is 2. The molecule has 29 heavy (non-hydrogen) atoms. The number of carbonyl (C=O) groups excluding carboxylic acids is 1. The first-order valence-electron chi connectivity index (χ1n) is 9.47. The monoisotopic (exact) mass is 396 g/mol. The molecular formula is C22H21FN2O4. The lowest BCUT2D eigenvalue weighted by Crippen LogP contribution is -2.34. The average Bonchev–Trinajstić information content (AvgIpc) is 3.21. The van der Waals surface area contributed by atoms with E-state index < -0.39 is 5.82 Å². The standard InChI is InChI=1S/C22H21FN2O4/c1-13-4-7-19(18(23)9-13)25-22-17(21(27)24-12-16-3-2-8-28-16)10-14-5-6-15(26)11-20(14)29-22/h4-7,9-11,16,26H,2-3,8,12H2,1H3,(H,24,27)/t16-/m1/s1. The summed E-state index contributed by atoms with van der Waals surface area (Å²) in [6.07, 6.45) is 1.86. The van der Waals surface area contributed by atoms with Gasteiger partial charge in [-0.1, -0.05) is 6.07 Å². The summed E-state index contributed by atoms with van der Waals surface area (Å²) in [7, 11) is 0. The van der Waals surface area contributed by atoms with Crippen molar-refractivity contribution in [3.05, 3.63) is 65.0 Å². The first-order chi connectivity index (χ1) is 14.0. The number of carbonyl (C=O) groups is 1. The SMILES string of the molecule is Cc1ccc(N=c2oc3cc(O)ccc3cc2C(=O)NC[C@H]2CCCO2)c(F)c1. The summed E-state index contributed by atoms with van der Waals surface area (Å²) in [5, 5.41) is 13.2. The second-order valence-corrected chi connectivity index (χ2v) is 7.10. The van der Waals surface area contributed by atoms with E-state index in [1.54, 1.807) is 25.1 Å². The summed E-state index contributed by atoms with van der Waals surface area (Å²) in [5.74, 6) is -0.878. The molecule has 1 saturated heterocycles. The molecule has 6 nitrogen and oxygen atoms in total. The lowest BCUT2D eigenvalue weighted by atomic mass is 10.1. The van der Waals surface area contributed by atoms with E-state index >= 15 is 0 Å². The third kappa shape index (κ3) is 4.30. The number of halogens is 1. The molecular weight excluding hydrogens is 375 g/mol. The van der Waals surface area contributed by atoms with Crippen LogP contribution in [0.3, 0.4) is 0 Å². The van der Waals surface area contributed by atoms with Crippen molar-refractivity contribution in [3.8, 4) is 5.75 Å². The van der Waals surface area contributed by atoms with E-state index in [-0.39, 0.29) is 34.6 Å². The topological polar surface area (TPSA) is 84.1 Å². The van der Waals surface area contributed by atoms with E-state index in [9.17, 15) is 14.3 Å². The van der Waals surface area contributed by atoms with Crippen LogP contribution in [-0.2, 0) is 4.74 Å². The van der Waals surface area contributed by atoms with Crippen LogP contribution in [-0.4, -0.2) is 30.3 Å². The van der Waals surface area contributed by atoms with Gasteiger partial charge in [-0.05, 0) is 55.7 Å². The molecule has 2 N–H and O–H groups in total. The number of hydrogen-bond acceptors (Lipinski definition) is 5. The van der Waals surface area contributed by atoms with E-state index in [4.69, 9.17) is 9.15 Å². The smallest absolute Gasteiger partial charge is 0.256 e. The fraction of sp³-hybridized carbons (Fsp3) is 0.273. The Hall–Kier alpha value is -3.19. The normalized spacial score (nSPS) is 17.0. The van der Waals surface area contributed by atoms with Crippen LogP contribution in [0.25, 0.3) is 11.0 Å². The molecule has 1 aliphatic rings. The van der Waals surface area contributed by atoms with Gasteiger partial charge in [-0.3, -0.25) is 4.79 Å². The fourth-order valence-corrected chi connectivity index (χ4v) is 3.27. The van der Waals surface area contributed by atoms with Gasteiger partial charge >= 0.3 is 0 Å². The van der Waals surface area contributed by atoms with Crippen LogP contribution in [0.4, 0.5) is 10.1 Å². The largest absolute Gasteiger partial charge is 0.508 e. The summed E-state index contributed by atoms with van der Waals surface area (Å²) in [6.45, 7) is 2.85. The van der Waals surface area contributed by atoms with Gasteiger partial charge in [-0.2, -0.15) is 0 Å². The first-order valence-corrected chi connectivity index (χ1v) is 9.47. The number of amides is 1. The van der Waals surface area contributed by atoms with Crippen molar-refractivity contribution in [1.29, 1.82) is 0 Å². The highest BCUT2D eigenvalue weighted by atomic mass is 19.1. The first kappa shape index (κ1) is 19.1. The van der Waals surface area contributed by atoms with Crippen LogP contribution in [0.1, 0.15) is 28.8 Å². The van der Waals surface area contributed by atoms with Crippen LogP contribution in [0, 0.1) is 12.7 Å². The molecule has 0 saturated carbocycles. The molecule has 1 fully saturated rings. The van der Waals surface area contributed by atoms with Crippen molar-refractivity contribution in [1.82, 2.24) is 5.32 Å². The van der Waals surface area contributed by atoms with Gasteiger partial charge in [0.1, 0.15) is 28.4 Å². The van der Waals surface area contributed by atoms with E-state index in [2.05, 4.69) is 10.3 Å². The van der Waals surface area contributed by atoms with Crippen LogP contribution in [0.5, 0.6) is 5.75 Å². The van der Waals surface area contributed by atoms with Gasteiger partial charge < -0.3 is 19.6 Å². The molecule has 0 spiro atoms. The molecule has 0 radical (unpaired) electrons. The number of ether oxygens (including phenoxy) is 1. The van der Waals surface area contributed by atoms with Gasteiger partial charge in [0.2, 0.25) is 5.55 Å². The van der Waals surface area contributed by atoms with Gasteiger partial charge in [0.05, 0.1) is 6.10 Å². The quantitative estimate of drug-likeness (QED) is 0.704. The summed E-state index contributed by atoms with van der Waals surface area (Å²) in [4.78, 5) is 17.1. The average molecular weight is 396 g/mol. The molecule has 1 aliphatic heterocycles. The Balaban J connectivity index is 1.78. The summed E-state index contributed by atoms with van der Waals surface area (Å²) in [6, 6.07) is 10.8. The molecule has 1 amide bonds. The second-order valence-electron chi connectivity index (χ2n) is 7.10. The summed E-state index contributed by atoms with van der Waals surface area (Å²) < 4.78 is 25.6. The van der Waals surface area contributed by atoms with Crippen molar-refractivity contribution >= 4 is 22.6 Å². The summed E-state index contributed by atoms with van der Waals surface area (Å²) in [5.41, 5.74) is 1.31. The molecule has 150 valence electrons. The zero-order valence-electron chi connectivity index (χ0n) is 15.9.